The quantitative estimate of drug-likeness (QED) is 0.621. The minimum Gasteiger partial charge on any atom is -0.302 e. The molecule has 6 heteroatoms. The summed E-state index contributed by atoms with van der Waals surface area (Å²) in [6.45, 7) is 4.63. The lowest BCUT2D eigenvalue weighted by Gasteiger charge is -2.35. The summed E-state index contributed by atoms with van der Waals surface area (Å²) < 4.78 is 26.3. The highest BCUT2D eigenvalue weighted by Crippen LogP contribution is 2.17. The highest BCUT2D eigenvalue weighted by molar-refractivity contribution is 7.86. The zero-order valence-corrected chi connectivity index (χ0v) is 9.33. The molecule has 1 aliphatic rings. The lowest BCUT2D eigenvalue weighted by atomic mass is 10.3. The van der Waals surface area contributed by atoms with E-state index in [2.05, 4.69) is 0 Å². The topological polar surface area (TPSA) is 57.7 Å². The van der Waals surface area contributed by atoms with Gasteiger partial charge in [0.15, 0.2) is 0 Å². The van der Waals surface area contributed by atoms with Gasteiger partial charge in [0.25, 0.3) is 10.2 Å². The minimum absolute atomic E-state index is 0.0362. The number of hydrogen-bond acceptors (Lipinski definition) is 3. The lowest BCUT2D eigenvalue weighted by molar-refractivity contribution is -0.108. The first-order valence-corrected chi connectivity index (χ1v) is 6.10. The Hall–Kier alpha value is -0.460. The summed E-state index contributed by atoms with van der Waals surface area (Å²) >= 11 is 0. The standard InChI is InChI=1S/C8H16N2O3S/c1-8(2)10-5-3-4-9(6-7-11)14(10,12)13/h7-8H,3-6H2,1-2H3. The van der Waals surface area contributed by atoms with Crippen molar-refractivity contribution in [2.45, 2.75) is 26.3 Å². The molecule has 0 atom stereocenters. The predicted octanol–water partition coefficient (Wildman–Crippen LogP) is -0.154. The first-order valence-electron chi connectivity index (χ1n) is 4.70. The molecule has 0 unspecified atom stereocenters. The molecule has 0 bridgehead atoms. The Morgan fingerprint density at radius 1 is 1.36 bits per heavy atom. The minimum atomic E-state index is -3.39. The van der Waals surface area contributed by atoms with E-state index in [1.54, 1.807) is 0 Å². The van der Waals surface area contributed by atoms with E-state index in [4.69, 9.17) is 0 Å². The molecule has 0 spiro atoms. The number of rotatable bonds is 3. The van der Waals surface area contributed by atoms with Gasteiger partial charge in [-0.25, -0.2) is 0 Å². The Labute approximate surface area is 84.9 Å². The van der Waals surface area contributed by atoms with Gasteiger partial charge in [0.2, 0.25) is 0 Å². The van der Waals surface area contributed by atoms with Crippen LogP contribution >= 0.6 is 0 Å². The molecule has 0 aliphatic carbocycles. The van der Waals surface area contributed by atoms with E-state index < -0.39 is 10.2 Å². The fraction of sp³-hybridized carbons (Fsp3) is 0.875. The molecule has 1 fully saturated rings. The fourth-order valence-corrected chi connectivity index (χ4v) is 3.37. The van der Waals surface area contributed by atoms with Crippen molar-refractivity contribution in [2.75, 3.05) is 19.6 Å². The van der Waals surface area contributed by atoms with Gasteiger partial charge in [-0.05, 0) is 20.3 Å². The molecule has 14 heavy (non-hydrogen) atoms. The average Bonchev–Trinajstić information content (AvgIpc) is 2.07. The SMILES string of the molecule is CC(C)N1CCCN(CC=O)S1(=O)=O. The Kier molecular flexibility index (Phi) is 3.63. The zero-order chi connectivity index (χ0) is 10.8. The van der Waals surface area contributed by atoms with Gasteiger partial charge >= 0.3 is 0 Å². The van der Waals surface area contributed by atoms with Crippen molar-refractivity contribution >= 4 is 16.5 Å². The summed E-state index contributed by atoms with van der Waals surface area (Å²) in [7, 11) is -3.39. The van der Waals surface area contributed by atoms with Crippen molar-refractivity contribution in [3.8, 4) is 0 Å². The van der Waals surface area contributed by atoms with E-state index in [-0.39, 0.29) is 12.6 Å². The van der Waals surface area contributed by atoms with E-state index >= 15 is 0 Å². The third-order valence-corrected chi connectivity index (χ3v) is 4.44. The monoisotopic (exact) mass is 220 g/mol. The summed E-state index contributed by atoms with van der Waals surface area (Å²) in [6.07, 6.45) is 1.41. The predicted molar refractivity (Wildman–Crippen MR) is 53.0 cm³/mol. The molecule has 0 aromatic carbocycles. The molecule has 0 saturated carbocycles. The van der Waals surface area contributed by atoms with Crippen LogP contribution in [0.2, 0.25) is 0 Å². The number of nitrogens with zero attached hydrogens (tertiary/aromatic N) is 2. The Bertz CT molecular complexity index is 300. The first-order chi connectivity index (χ1) is 6.50. The van der Waals surface area contributed by atoms with E-state index in [1.165, 1.54) is 8.61 Å². The van der Waals surface area contributed by atoms with Crippen molar-refractivity contribution in [1.29, 1.82) is 0 Å². The van der Waals surface area contributed by atoms with Crippen molar-refractivity contribution < 1.29 is 13.2 Å². The number of hydrogen-bond donors (Lipinski definition) is 0. The molecule has 0 radical (unpaired) electrons. The van der Waals surface area contributed by atoms with Gasteiger partial charge < -0.3 is 4.79 Å². The molecule has 1 heterocycles. The molecule has 0 aromatic heterocycles. The normalized spacial score (nSPS) is 23.9. The van der Waals surface area contributed by atoms with E-state index in [9.17, 15) is 13.2 Å². The third kappa shape index (κ3) is 2.13. The van der Waals surface area contributed by atoms with Crippen LogP contribution in [0.15, 0.2) is 0 Å². The summed E-state index contributed by atoms with van der Waals surface area (Å²) in [5.74, 6) is 0. The molecule has 1 aliphatic heterocycles. The van der Waals surface area contributed by atoms with Crippen LogP contribution in [0.3, 0.4) is 0 Å². The largest absolute Gasteiger partial charge is 0.302 e. The first kappa shape index (κ1) is 11.6. The Morgan fingerprint density at radius 2 is 2.00 bits per heavy atom. The van der Waals surface area contributed by atoms with Crippen molar-refractivity contribution in [3.05, 3.63) is 0 Å². The molecular formula is C8H16N2O3S. The Morgan fingerprint density at radius 3 is 2.50 bits per heavy atom. The molecular weight excluding hydrogens is 204 g/mol. The molecule has 5 nitrogen and oxygen atoms in total. The number of carbonyl (C=O) groups excluding carboxylic acids is 1. The molecule has 0 amide bonds. The smallest absolute Gasteiger partial charge is 0.282 e. The summed E-state index contributed by atoms with van der Waals surface area (Å²) in [5, 5.41) is 0. The van der Waals surface area contributed by atoms with Crippen molar-refractivity contribution in [1.82, 2.24) is 8.61 Å². The highest BCUT2D eigenvalue weighted by atomic mass is 32.2. The van der Waals surface area contributed by atoms with Crippen LogP contribution in [-0.4, -0.2) is 49.0 Å². The van der Waals surface area contributed by atoms with Crippen LogP contribution in [0, 0.1) is 0 Å². The van der Waals surface area contributed by atoms with Gasteiger partial charge in [0.1, 0.15) is 6.29 Å². The maximum Gasteiger partial charge on any atom is 0.282 e. The maximum absolute atomic E-state index is 11.8. The van der Waals surface area contributed by atoms with Gasteiger partial charge in [-0.1, -0.05) is 0 Å². The summed E-state index contributed by atoms with van der Waals surface area (Å²) in [5.41, 5.74) is 0. The molecule has 0 N–H and O–H groups in total. The van der Waals surface area contributed by atoms with Crippen LogP contribution in [0.4, 0.5) is 0 Å². The number of aldehydes is 1. The van der Waals surface area contributed by atoms with Gasteiger partial charge in [-0.15, -0.1) is 0 Å². The van der Waals surface area contributed by atoms with Crippen molar-refractivity contribution in [3.63, 3.8) is 0 Å². The van der Waals surface area contributed by atoms with E-state index in [0.717, 1.165) is 6.42 Å². The third-order valence-electron chi connectivity index (χ3n) is 2.26. The maximum atomic E-state index is 11.8. The van der Waals surface area contributed by atoms with Crippen LogP contribution in [-0.2, 0) is 15.0 Å². The number of carbonyl (C=O) groups is 1. The molecule has 0 aromatic rings. The van der Waals surface area contributed by atoms with Crippen LogP contribution < -0.4 is 0 Å². The molecule has 1 rings (SSSR count). The second-order valence-electron chi connectivity index (χ2n) is 3.59. The second-order valence-corrected chi connectivity index (χ2v) is 5.47. The highest BCUT2D eigenvalue weighted by Gasteiger charge is 2.34. The summed E-state index contributed by atoms with van der Waals surface area (Å²) in [6, 6.07) is -0.0468. The second kappa shape index (κ2) is 4.37. The van der Waals surface area contributed by atoms with Gasteiger partial charge in [0, 0.05) is 19.1 Å². The molecule has 1 saturated heterocycles. The average molecular weight is 220 g/mol. The van der Waals surface area contributed by atoms with Crippen molar-refractivity contribution in [2.24, 2.45) is 0 Å². The van der Waals surface area contributed by atoms with Crippen LogP contribution in [0.1, 0.15) is 20.3 Å². The Balaban J connectivity index is 2.87. The van der Waals surface area contributed by atoms with Gasteiger partial charge in [0.05, 0.1) is 6.54 Å². The lowest BCUT2D eigenvalue weighted by Crippen LogP contribution is -2.52. The zero-order valence-electron chi connectivity index (χ0n) is 8.51. The summed E-state index contributed by atoms with van der Waals surface area (Å²) in [4.78, 5) is 10.3. The van der Waals surface area contributed by atoms with E-state index in [0.29, 0.717) is 19.4 Å². The fourth-order valence-electron chi connectivity index (χ4n) is 1.58. The molecule has 82 valence electrons. The van der Waals surface area contributed by atoms with Gasteiger partial charge in [-0.2, -0.15) is 17.0 Å². The van der Waals surface area contributed by atoms with Gasteiger partial charge in [-0.3, -0.25) is 0 Å². The van der Waals surface area contributed by atoms with E-state index in [1.807, 2.05) is 13.8 Å². The van der Waals surface area contributed by atoms with Crippen LogP contribution in [0.25, 0.3) is 0 Å². The van der Waals surface area contributed by atoms with Crippen LogP contribution in [0.5, 0.6) is 0 Å².